The number of aryl methyl sites for hydroxylation is 1. The van der Waals surface area contributed by atoms with Gasteiger partial charge in [-0.15, -0.1) is 0 Å². The van der Waals surface area contributed by atoms with Gasteiger partial charge in [-0.2, -0.15) is 0 Å². The molecular weight excluding hydrogens is 653 g/mol. The van der Waals surface area contributed by atoms with E-state index in [9.17, 15) is 0 Å². The molecule has 2 unspecified atom stereocenters. The number of rotatable bonds is 36. The Morgan fingerprint density at radius 3 is 1.31 bits per heavy atom. The summed E-state index contributed by atoms with van der Waals surface area (Å²) in [5, 5.41) is 0. The van der Waals surface area contributed by atoms with Crippen molar-refractivity contribution in [2.24, 2.45) is 0 Å². The average Bonchev–Trinajstić information content (AvgIpc) is 3.66. The molecule has 0 N–H and O–H groups in total. The van der Waals surface area contributed by atoms with E-state index in [2.05, 4.69) is 98.4 Å². The van der Waals surface area contributed by atoms with Crippen molar-refractivity contribution in [2.75, 3.05) is 0 Å². The molecule has 3 rings (SSSR count). The van der Waals surface area contributed by atoms with Crippen LogP contribution in [0.1, 0.15) is 236 Å². The Bertz CT molecular complexity index is 1230. The van der Waals surface area contributed by atoms with Gasteiger partial charge in [-0.25, -0.2) is 4.98 Å². The van der Waals surface area contributed by atoms with Crippen LogP contribution in [0.2, 0.25) is 0 Å². The fraction of sp³-hybridized carbons (Fsp3) is 0.712. The Hall–Kier alpha value is -2.35. The molecule has 0 saturated carbocycles. The van der Waals surface area contributed by atoms with Crippen molar-refractivity contribution in [1.29, 1.82) is 0 Å². The Morgan fingerprint density at radius 1 is 0.481 bits per heavy atom. The molecule has 304 valence electrons. The van der Waals surface area contributed by atoms with Crippen LogP contribution < -0.4 is 0 Å². The maximum atomic E-state index is 5.19. The summed E-state index contributed by atoms with van der Waals surface area (Å²) >= 11 is 0. The van der Waals surface area contributed by atoms with Gasteiger partial charge in [0.2, 0.25) is 0 Å². The minimum absolute atomic E-state index is 0.0305. The number of hydrogen-bond donors (Lipinski definition) is 0. The number of benzene rings is 2. The van der Waals surface area contributed by atoms with Crippen molar-refractivity contribution in [3.8, 4) is 0 Å². The van der Waals surface area contributed by atoms with E-state index in [1.807, 2.05) is 0 Å². The monoisotopic (exact) mass is 739 g/mol. The normalized spacial score (nSPS) is 13.3. The van der Waals surface area contributed by atoms with Gasteiger partial charge in [0.25, 0.3) is 0 Å². The molecule has 2 nitrogen and oxygen atoms in total. The van der Waals surface area contributed by atoms with Crippen LogP contribution in [0.25, 0.3) is 0 Å². The maximum absolute atomic E-state index is 5.19. The van der Waals surface area contributed by atoms with Gasteiger partial charge in [0, 0.05) is 30.3 Å². The Labute approximate surface area is 336 Å². The summed E-state index contributed by atoms with van der Waals surface area (Å²) in [6.45, 7) is 8.25. The molecule has 0 bridgehead atoms. The van der Waals surface area contributed by atoms with E-state index in [-0.39, 0.29) is 5.41 Å². The standard InChI is InChI=1S/C52H86N2/c1-4-6-8-10-12-14-16-18-20-21-23-25-27-29-37-43-50(52(3,49-41-35-32-36-42-49)47-48-39-33-31-34-40-48)51-53-44-46-54(51)45-38-30-28-26-24-22-19-17-15-13-11-9-7-5-2/h31-36,39-42,44,46,50H,4-30,37-38,43,45,47H2,1-3H3. The second-order valence-electron chi connectivity index (χ2n) is 17.3. The summed E-state index contributed by atoms with van der Waals surface area (Å²) in [6.07, 6.45) is 47.4. The van der Waals surface area contributed by atoms with Crippen molar-refractivity contribution < 1.29 is 0 Å². The van der Waals surface area contributed by atoms with Crippen LogP contribution in [0.3, 0.4) is 0 Å². The van der Waals surface area contributed by atoms with Crippen LogP contribution in [0.5, 0.6) is 0 Å². The van der Waals surface area contributed by atoms with Crippen molar-refractivity contribution in [2.45, 2.75) is 238 Å². The third-order valence-corrected chi connectivity index (χ3v) is 12.5. The first-order chi connectivity index (χ1) is 26.7. The van der Waals surface area contributed by atoms with Crippen molar-refractivity contribution in [1.82, 2.24) is 9.55 Å². The zero-order chi connectivity index (χ0) is 38.2. The second kappa shape index (κ2) is 30.8. The fourth-order valence-electron chi connectivity index (χ4n) is 9.01. The number of aromatic nitrogens is 2. The summed E-state index contributed by atoms with van der Waals surface area (Å²) in [7, 11) is 0. The molecule has 0 radical (unpaired) electrons. The van der Waals surface area contributed by atoms with Gasteiger partial charge in [-0.05, 0) is 30.4 Å². The predicted octanol–water partition coefficient (Wildman–Crippen LogP) is 16.9. The minimum atomic E-state index is -0.0305. The summed E-state index contributed by atoms with van der Waals surface area (Å²) in [5.41, 5.74) is 2.85. The molecule has 1 aromatic heterocycles. The summed E-state index contributed by atoms with van der Waals surface area (Å²) in [4.78, 5) is 5.19. The molecule has 0 fully saturated rings. The summed E-state index contributed by atoms with van der Waals surface area (Å²) < 4.78 is 2.54. The van der Waals surface area contributed by atoms with E-state index in [0.717, 1.165) is 13.0 Å². The molecule has 1 heterocycles. The highest BCUT2D eigenvalue weighted by molar-refractivity contribution is 5.33. The van der Waals surface area contributed by atoms with Crippen LogP contribution in [-0.2, 0) is 18.4 Å². The van der Waals surface area contributed by atoms with Gasteiger partial charge in [0.15, 0.2) is 0 Å². The quantitative estimate of drug-likeness (QED) is 0.0543. The number of unbranched alkanes of at least 4 members (excludes halogenated alkanes) is 27. The van der Waals surface area contributed by atoms with Gasteiger partial charge in [0.1, 0.15) is 5.82 Å². The lowest BCUT2D eigenvalue weighted by molar-refractivity contribution is 0.321. The molecule has 3 aromatic rings. The third-order valence-electron chi connectivity index (χ3n) is 12.5. The third kappa shape index (κ3) is 19.5. The van der Waals surface area contributed by atoms with Crippen molar-refractivity contribution >= 4 is 0 Å². The van der Waals surface area contributed by atoms with Gasteiger partial charge >= 0.3 is 0 Å². The first-order valence-corrected chi connectivity index (χ1v) is 23.8. The maximum Gasteiger partial charge on any atom is 0.112 e. The highest BCUT2D eigenvalue weighted by Crippen LogP contribution is 2.44. The lowest BCUT2D eigenvalue weighted by Gasteiger charge is -2.39. The predicted molar refractivity (Wildman–Crippen MR) is 239 cm³/mol. The molecule has 54 heavy (non-hydrogen) atoms. The molecule has 2 aromatic carbocycles. The zero-order valence-corrected chi connectivity index (χ0v) is 36.0. The SMILES string of the molecule is CCCCCCCCCCCCCCCCCC(c1nccn1CCCCCCCCCCCCCCCC)C(C)(Cc1ccccc1)c1ccccc1. The van der Waals surface area contributed by atoms with E-state index in [0.29, 0.717) is 5.92 Å². The van der Waals surface area contributed by atoms with E-state index < -0.39 is 0 Å². The first kappa shape index (κ1) is 46.0. The summed E-state index contributed by atoms with van der Waals surface area (Å²) in [6, 6.07) is 22.6. The van der Waals surface area contributed by atoms with E-state index >= 15 is 0 Å². The van der Waals surface area contributed by atoms with Crippen LogP contribution in [-0.4, -0.2) is 9.55 Å². The van der Waals surface area contributed by atoms with Crippen LogP contribution in [0, 0.1) is 0 Å². The van der Waals surface area contributed by atoms with Crippen LogP contribution in [0.4, 0.5) is 0 Å². The number of nitrogens with zero attached hydrogens (tertiary/aromatic N) is 2. The molecule has 0 saturated heterocycles. The van der Waals surface area contributed by atoms with E-state index in [4.69, 9.17) is 4.98 Å². The minimum Gasteiger partial charge on any atom is -0.335 e. The Kier molecular flexibility index (Phi) is 26.3. The van der Waals surface area contributed by atoms with Gasteiger partial charge < -0.3 is 4.57 Å². The van der Waals surface area contributed by atoms with Crippen LogP contribution in [0.15, 0.2) is 73.1 Å². The Morgan fingerprint density at radius 2 is 0.870 bits per heavy atom. The van der Waals surface area contributed by atoms with Gasteiger partial charge in [-0.3, -0.25) is 0 Å². The van der Waals surface area contributed by atoms with Crippen molar-refractivity contribution in [3.05, 3.63) is 90.0 Å². The van der Waals surface area contributed by atoms with E-state index in [1.165, 1.54) is 210 Å². The molecule has 0 amide bonds. The molecule has 0 aliphatic carbocycles. The van der Waals surface area contributed by atoms with Gasteiger partial charge in [0.05, 0.1) is 0 Å². The Balaban J connectivity index is 1.49. The number of imidazole rings is 1. The smallest absolute Gasteiger partial charge is 0.112 e. The highest BCUT2D eigenvalue weighted by atomic mass is 15.1. The molecule has 0 aliphatic rings. The molecule has 2 heteroatoms. The molecular formula is C52H86N2. The number of hydrogen-bond acceptors (Lipinski definition) is 1. The highest BCUT2D eigenvalue weighted by Gasteiger charge is 2.39. The largest absolute Gasteiger partial charge is 0.335 e. The van der Waals surface area contributed by atoms with Crippen molar-refractivity contribution in [3.63, 3.8) is 0 Å². The molecule has 0 aliphatic heterocycles. The molecule has 2 atom stereocenters. The lowest BCUT2D eigenvalue weighted by atomic mass is 9.66. The molecule has 0 spiro atoms. The fourth-order valence-corrected chi connectivity index (χ4v) is 9.01. The zero-order valence-electron chi connectivity index (χ0n) is 36.0. The van der Waals surface area contributed by atoms with Gasteiger partial charge in [-0.1, -0.05) is 261 Å². The second-order valence-corrected chi connectivity index (χ2v) is 17.3. The first-order valence-electron chi connectivity index (χ1n) is 23.8. The van der Waals surface area contributed by atoms with E-state index in [1.54, 1.807) is 0 Å². The topological polar surface area (TPSA) is 17.8 Å². The average molecular weight is 739 g/mol. The lowest BCUT2D eigenvalue weighted by Crippen LogP contribution is -2.35. The van der Waals surface area contributed by atoms with Crippen LogP contribution >= 0.6 is 0 Å². The summed E-state index contributed by atoms with van der Waals surface area (Å²) in [5.74, 6) is 1.70.